The number of carbonyl (C=O) groups is 3. The fourth-order valence-electron chi connectivity index (χ4n) is 4.94. The second-order valence-electron chi connectivity index (χ2n) is 11.1. The van der Waals surface area contributed by atoms with Crippen LogP contribution in [0.5, 0.6) is 5.75 Å². The van der Waals surface area contributed by atoms with E-state index in [-0.39, 0.29) is 17.6 Å². The standard InChI is InChI=1S/C37H40N2O5/c1-26(2)23-35(40)39(30-14-10-11-27(3)24-30)21-22-44-31-19-17-28(18-20-31)25-34(37(42)43-4)38-33-16-9-8-15-32(33)36(41)29-12-6-5-7-13-29/h5-20,24,26,34,38H,21-23,25H2,1-4H3. The average Bonchev–Trinajstić information content (AvgIpc) is 3.03. The Morgan fingerprint density at radius 3 is 2.23 bits per heavy atom. The monoisotopic (exact) mass is 592 g/mol. The molecule has 4 aromatic carbocycles. The Hall–Kier alpha value is -4.91. The number of carbonyl (C=O) groups excluding carboxylic acids is 3. The Labute approximate surface area is 259 Å². The molecule has 1 N–H and O–H groups in total. The van der Waals surface area contributed by atoms with Crippen LogP contribution in [0.25, 0.3) is 0 Å². The highest BCUT2D eigenvalue weighted by Gasteiger charge is 2.23. The lowest BCUT2D eigenvalue weighted by atomic mass is 10.00. The van der Waals surface area contributed by atoms with E-state index in [4.69, 9.17) is 9.47 Å². The summed E-state index contributed by atoms with van der Waals surface area (Å²) >= 11 is 0. The molecule has 0 heterocycles. The van der Waals surface area contributed by atoms with Crippen molar-refractivity contribution >= 4 is 29.0 Å². The van der Waals surface area contributed by atoms with Gasteiger partial charge in [0.15, 0.2) is 5.78 Å². The van der Waals surface area contributed by atoms with E-state index in [0.29, 0.717) is 48.6 Å². The first kappa shape index (κ1) is 32.0. The summed E-state index contributed by atoms with van der Waals surface area (Å²) < 4.78 is 11.1. The molecule has 4 aromatic rings. The van der Waals surface area contributed by atoms with E-state index in [2.05, 4.69) is 5.32 Å². The van der Waals surface area contributed by atoms with Gasteiger partial charge in [-0.1, -0.05) is 80.6 Å². The van der Waals surface area contributed by atoms with Crippen LogP contribution in [-0.4, -0.2) is 44.0 Å². The average molecular weight is 593 g/mol. The Morgan fingerprint density at radius 1 is 0.841 bits per heavy atom. The van der Waals surface area contributed by atoms with E-state index in [1.54, 1.807) is 35.2 Å². The number of benzene rings is 4. The molecule has 7 nitrogen and oxygen atoms in total. The topological polar surface area (TPSA) is 84.9 Å². The molecule has 0 aliphatic heterocycles. The van der Waals surface area contributed by atoms with Gasteiger partial charge < -0.3 is 19.7 Å². The van der Waals surface area contributed by atoms with E-state index in [9.17, 15) is 14.4 Å². The first-order chi connectivity index (χ1) is 21.2. The van der Waals surface area contributed by atoms with Crippen molar-refractivity contribution in [2.75, 3.05) is 30.5 Å². The fraction of sp³-hybridized carbons (Fsp3) is 0.270. The third kappa shape index (κ3) is 8.80. The molecule has 0 saturated heterocycles. The van der Waals surface area contributed by atoms with Crippen molar-refractivity contribution in [1.82, 2.24) is 0 Å². The zero-order valence-corrected chi connectivity index (χ0v) is 25.8. The molecule has 0 saturated carbocycles. The van der Waals surface area contributed by atoms with E-state index in [0.717, 1.165) is 16.8 Å². The smallest absolute Gasteiger partial charge is 0.328 e. The van der Waals surface area contributed by atoms with Gasteiger partial charge in [0.1, 0.15) is 18.4 Å². The molecule has 1 unspecified atom stereocenters. The van der Waals surface area contributed by atoms with Crippen molar-refractivity contribution in [3.8, 4) is 5.75 Å². The summed E-state index contributed by atoms with van der Waals surface area (Å²) in [4.78, 5) is 40.8. The van der Waals surface area contributed by atoms with Crippen LogP contribution in [0.15, 0.2) is 103 Å². The number of amides is 1. The lowest BCUT2D eigenvalue weighted by Crippen LogP contribution is -2.35. The van der Waals surface area contributed by atoms with Crippen LogP contribution in [0, 0.1) is 12.8 Å². The van der Waals surface area contributed by atoms with Crippen LogP contribution in [0.3, 0.4) is 0 Å². The number of ketones is 1. The van der Waals surface area contributed by atoms with Crippen LogP contribution in [0.1, 0.15) is 47.3 Å². The number of methoxy groups -OCH3 is 1. The van der Waals surface area contributed by atoms with E-state index in [1.807, 2.05) is 93.6 Å². The molecule has 0 aliphatic rings. The molecule has 0 spiro atoms. The maximum Gasteiger partial charge on any atom is 0.328 e. The minimum Gasteiger partial charge on any atom is -0.492 e. The van der Waals surface area contributed by atoms with Gasteiger partial charge in [-0.3, -0.25) is 9.59 Å². The van der Waals surface area contributed by atoms with Crippen molar-refractivity contribution in [3.63, 3.8) is 0 Å². The van der Waals surface area contributed by atoms with Crippen molar-refractivity contribution in [3.05, 3.63) is 125 Å². The molecule has 0 radical (unpaired) electrons. The van der Waals surface area contributed by atoms with Crippen molar-refractivity contribution < 1.29 is 23.9 Å². The molecule has 1 atom stereocenters. The fourth-order valence-corrected chi connectivity index (χ4v) is 4.94. The summed E-state index contributed by atoms with van der Waals surface area (Å²) in [5, 5.41) is 3.24. The lowest BCUT2D eigenvalue weighted by Gasteiger charge is -2.24. The summed E-state index contributed by atoms with van der Waals surface area (Å²) in [5.41, 5.74) is 4.44. The van der Waals surface area contributed by atoms with Crippen molar-refractivity contribution in [2.24, 2.45) is 5.92 Å². The Kier molecular flexibility index (Phi) is 11.3. The molecule has 1 amide bonds. The first-order valence-electron chi connectivity index (χ1n) is 14.9. The second kappa shape index (κ2) is 15.5. The second-order valence-corrected chi connectivity index (χ2v) is 11.1. The zero-order chi connectivity index (χ0) is 31.5. The van der Waals surface area contributed by atoms with E-state index in [1.165, 1.54) is 7.11 Å². The molecule has 44 heavy (non-hydrogen) atoms. The quantitative estimate of drug-likeness (QED) is 0.127. The SMILES string of the molecule is COC(=O)C(Cc1ccc(OCCN(C(=O)CC(C)C)c2cccc(C)c2)cc1)Nc1ccccc1C(=O)c1ccccc1. The summed E-state index contributed by atoms with van der Waals surface area (Å²) in [6.07, 6.45) is 0.800. The maximum absolute atomic E-state index is 13.2. The lowest BCUT2D eigenvalue weighted by molar-refractivity contribution is -0.141. The molecule has 4 rings (SSSR count). The van der Waals surface area contributed by atoms with E-state index < -0.39 is 12.0 Å². The summed E-state index contributed by atoms with van der Waals surface area (Å²) in [6, 6.07) is 30.9. The molecule has 0 aliphatic carbocycles. The van der Waals surface area contributed by atoms with Gasteiger partial charge in [-0.15, -0.1) is 0 Å². The minimum absolute atomic E-state index is 0.0675. The number of rotatable bonds is 14. The predicted molar refractivity (Wildman–Crippen MR) is 174 cm³/mol. The van der Waals surface area contributed by atoms with Gasteiger partial charge >= 0.3 is 5.97 Å². The summed E-state index contributed by atoms with van der Waals surface area (Å²) in [5.74, 6) is 0.415. The van der Waals surface area contributed by atoms with Gasteiger partial charge in [-0.25, -0.2) is 4.79 Å². The van der Waals surface area contributed by atoms with Crippen LogP contribution >= 0.6 is 0 Å². The molecule has 0 aromatic heterocycles. The summed E-state index contributed by atoms with van der Waals surface area (Å²) in [6.45, 7) is 6.83. The molecule has 0 bridgehead atoms. The molecule has 7 heteroatoms. The highest BCUT2D eigenvalue weighted by atomic mass is 16.5. The van der Waals surface area contributed by atoms with Crippen molar-refractivity contribution in [2.45, 2.75) is 39.7 Å². The highest BCUT2D eigenvalue weighted by Crippen LogP contribution is 2.23. The zero-order valence-electron chi connectivity index (χ0n) is 25.8. The third-order valence-corrected chi connectivity index (χ3v) is 7.17. The van der Waals surface area contributed by atoms with Gasteiger partial charge in [0, 0.05) is 35.3 Å². The van der Waals surface area contributed by atoms with Crippen molar-refractivity contribution in [1.29, 1.82) is 0 Å². The van der Waals surface area contributed by atoms with Gasteiger partial charge in [-0.2, -0.15) is 0 Å². The predicted octanol–water partition coefficient (Wildman–Crippen LogP) is 6.88. The number of esters is 1. The van der Waals surface area contributed by atoms with Crippen LogP contribution < -0.4 is 15.0 Å². The Bertz CT molecular complexity index is 1550. The largest absolute Gasteiger partial charge is 0.492 e. The Morgan fingerprint density at radius 2 is 1.55 bits per heavy atom. The normalized spacial score (nSPS) is 11.5. The Balaban J connectivity index is 1.41. The molecule has 0 fully saturated rings. The maximum atomic E-state index is 13.2. The number of aryl methyl sites for hydroxylation is 1. The number of nitrogens with one attached hydrogen (secondary N) is 1. The highest BCUT2D eigenvalue weighted by molar-refractivity contribution is 6.12. The van der Waals surface area contributed by atoms with Gasteiger partial charge in [0.05, 0.1) is 13.7 Å². The summed E-state index contributed by atoms with van der Waals surface area (Å²) in [7, 11) is 1.35. The van der Waals surface area contributed by atoms with Gasteiger partial charge in [-0.05, 0) is 60.4 Å². The number of para-hydroxylation sites is 1. The number of hydrogen-bond donors (Lipinski definition) is 1. The number of anilines is 2. The van der Waals surface area contributed by atoms with E-state index >= 15 is 0 Å². The number of hydrogen-bond acceptors (Lipinski definition) is 6. The van der Waals surface area contributed by atoms with Crippen LogP contribution in [0.4, 0.5) is 11.4 Å². The number of nitrogens with zero attached hydrogens (tertiary/aromatic N) is 1. The number of ether oxygens (including phenoxy) is 2. The molecular weight excluding hydrogens is 552 g/mol. The molecular formula is C37H40N2O5. The van der Waals surface area contributed by atoms with Gasteiger partial charge in [0.25, 0.3) is 0 Å². The third-order valence-electron chi connectivity index (χ3n) is 7.17. The van der Waals surface area contributed by atoms with Gasteiger partial charge in [0.2, 0.25) is 5.91 Å². The first-order valence-corrected chi connectivity index (χ1v) is 14.9. The minimum atomic E-state index is -0.716. The van der Waals surface area contributed by atoms with Crippen LogP contribution in [0.2, 0.25) is 0 Å². The molecule has 228 valence electrons. The van der Waals surface area contributed by atoms with Crippen LogP contribution in [-0.2, 0) is 20.7 Å².